The Morgan fingerprint density at radius 2 is 1.40 bits per heavy atom. The molecule has 198 valence electrons. The molecule has 0 spiro atoms. The second-order valence-electron chi connectivity index (χ2n) is 9.61. The van der Waals surface area contributed by atoms with Crippen molar-refractivity contribution in [2.75, 3.05) is 19.6 Å². The number of benzene rings is 1. The molecule has 1 fully saturated rings. The summed E-state index contributed by atoms with van der Waals surface area (Å²) in [7, 11) is 0. The highest BCUT2D eigenvalue weighted by Crippen LogP contribution is 2.36. The molecule has 0 bridgehead atoms. The van der Waals surface area contributed by atoms with Gasteiger partial charge in [0.05, 0.1) is 11.1 Å². The predicted molar refractivity (Wildman–Crippen MR) is 117 cm³/mol. The van der Waals surface area contributed by atoms with Crippen LogP contribution in [0.25, 0.3) is 0 Å². The molecule has 1 saturated carbocycles. The first-order valence-electron chi connectivity index (χ1n) is 11.3. The van der Waals surface area contributed by atoms with Gasteiger partial charge in [-0.1, -0.05) is 0 Å². The molecule has 12 heteroatoms. The number of halogens is 6. The Bertz CT molecular complexity index is 840. The van der Waals surface area contributed by atoms with Gasteiger partial charge in [-0.05, 0) is 70.6 Å². The maximum atomic E-state index is 13.0. The van der Waals surface area contributed by atoms with Crippen LogP contribution in [0.4, 0.5) is 31.1 Å². The van der Waals surface area contributed by atoms with Gasteiger partial charge in [-0.2, -0.15) is 26.3 Å². The number of alkyl carbamates (subject to hydrolysis) is 1. The number of amides is 2. The summed E-state index contributed by atoms with van der Waals surface area (Å²) < 4.78 is 83.1. The molecule has 1 aliphatic carbocycles. The largest absolute Gasteiger partial charge is 0.444 e. The summed E-state index contributed by atoms with van der Waals surface area (Å²) in [5, 5.41) is 8.44. The molecule has 2 amide bonds. The van der Waals surface area contributed by atoms with Crippen molar-refractivity contribution in [3.63, 3.8) is 0 Å². The Hall–Kier alpha value is -2.50. The van der Waals surface area contributed by atoms with Crippen LogP contribution in [0, 0.1) is 5.92 Å². The Kier molecular flexibility index (Phi) is 9.43. The SMILES string of the molecule is CC(C)(C)OC(=O)NCCN[C@H]1CC[C@H](CNC(=O)c2cc(C(F)(F)F)cc(C(F)(F)F)c2)CC1. The van der Waals surface area contributed by atoms with Crippen molar-refractivity contribution < 1.29 is 40.7 Å². The van der Waals surface area contributed by atoms with Gasteiger partial charge < -0.3 is 20.7 Å². The Morgan fingerprint density at radius 3 is 1.89 bits per heavy atom. The van der Waals surface area contributed by atoms with Crippen LogP contribution in [-0.2, 0) is 17.1 Å². The van der Waals surface area contributed by atoms with Crippen LogP contribution in [0.15, 0.2) is 18.2 Å². The van der Waals surface area contributed by atoms with Gasteiger partial charge >= 0.3 is 18.4 Å². The van der Waals surface area contributed by atoms with Crippen molar-refractivity contribution in [3.05, 3.63) is 34.9 Å². The summed E-state index contributed by atoms with van der Waals surface area (Å²) in [6.07, 6.45) is -7.49. The standard InChI is InChI=1S/C23H31F6N3O3/c1-21(2,3)35-20(34)31-9-8-30-18-6-4-14(5-7-18)13-32-19(33)15-10-16(22(24,25)26)12-17(11-15)23(27,28)29/h10-12,14,18,30H,4-9,13H2,1-3H3,(H,31,34)(H,32,33)/t14-,18-. The fourth-order valence-electron chi connectivity index (χ4n) is 3.75. The zero-order chi connectivity index (χ0) is 26.4. The third kappa shape index (κ3) is 9.95. The summed E-state index contributed by atoms with van der Waals surface area (Å²) in [6, 6.07) is 1.06. The van der Waals surface area contributed by atoms with Gasteiger partial charge in [-0.3, -0.25) is 4.79 Å². The lowest BCUT2D eigenvalue weighted by atomic mass is 9.86. The number of carbonyl (C=O) groups is 2. The van der Waals surface area contributed by atoms with Gasteiger partial charge in [0.25, 0.3) is 5.91 Å². The third-order valence-corrected chi connectivity index (χ3v) is 5.47. The molecule has 0 saturated heterocycles. The van der Waals surface area contributed by atoms with Crippen molar-refractivity contribution in [3.8, 4) is 0 Å². The van der Waals surface area contributed by atoms with Gasteiger partial charge in [0, 0.05) is 31.2 Å². The van der Waals surface area contributed by atoms with E-state index in [4.69, 9.17) is 4.74 Å². The minimum absolute atomic E-state index is 0.00586. The van der Waals surface area contributed by atoms with Gasteiger partial charge in [0.2, 0.25) is 0 Å². The van der Waals surface area contributed by atoms with E-state index in [1.54, 1.807) is 20.8 Å². The minimum atomic E-state index is -5.01. The molecule has 0 heterocycles. The molecule has 0 aliphatic heterocycles. The molecule has 6 nitrogen and oxygen atoms in total. The monoisotopic (exact) mass is 511 g/mol. The van der Waals surface area contributed by atoms with E-state index in [2.05, 4.69) is 16.0 Å². The molecule has 0 atom stereocenters. The Labute approximate surface area is 200 Å². The van der Waals surface area contributed by atoms with Crippen LogP contribution in [0.1, 0.15) is 67.9 Å². The minimum Gasteiger partial charge on any atom is -0.444 e. The van der Waals surface area contributed by atoms with Gasteiger partial charge in [-0.15, -0.1) is 0 Å². The third-order valence-electron chi connectivity index (χ3n) is 5.47. The highest BCUT2D eigenvalue weighted by Gasteiger charge is 2.37. The van der Waals surface area contributed by atoms with Gasteiger partial charge in [0.1, 0.15) is 5.60 Å². The highest BCUT2D eigenvalue weighted by atomic mass is 19.4. The molecular formula is C23H31F6N3O3. The van der Waals surface area contributed by atoms with E-state index in [0.29, 0.717) is 25.2 Å². The number of alkyl halides is 6. The second kappa shape index (κ2) is 11.5. The Balaban J connectivity index is 1.78. The number of hydrogen-bond acceptors (Lipinski definition) is 4. The predicted octanol–water partition coefficient (Wildman–Crippen LogP) is 5.13. The number of carbonyl (C=O) groups excluding carboxylic acids is 2. The van der Waals surface area contributed by atoms with Crippen LogP contribution in [0.3, 0.4) is 0 Å². The first kappa shape index (κ1) is 28.7. The lowest BCUT2D eigenvalue weighted by Gasteiger charge is -2.29. The lowest BCUT2D eigenvalue weighted by Crippen LogP contribution is -2.41. The number of ether oxygens (including phenoxy) is 1. The zero-order valence-corrected chi connectivity index (χ0v) is 19.8. The van der Waals surface area contributed by atoms with E-state index < -0.39 is 46.6 Å². The van der Waals surface area contributed by atoms with Crippen LogP contribution in [0.5, 0.6) is 0 Å². The number of rotatable bonds is 7. The molecule has 35 heavy (non-hydrogen) atoms. The quantitative estimate of drug-likeness (QED) is 0.351. The summed E-state index contributed by atoms with van der Waals surface area (Å²) in [6.45, 7) is 6.40. The maximum absolute atomic E-state index is 13.0. The van der Waals surface area contributed by atoms with E-state index >= 15 is 0 Å². The molecule has 3 N–H and O–H groups in total. The van der Waals surface area contributed by atoms with E-state index in [1.165, 1.54) is 0 Å². The van der Waals surface area contributed by atoms with E-state index in [1.807, 2.05) is 0 Å². The van der Waals surface area contributed by atoms with Crippen molar-refractivity contribution in [2.45, 2.75) is 70.4 Å². The van der Waals surface area contributed by atoms with E-state index in [-0.39, 0.29) is 24.6 Å². The molecular weight excluding hydrogens is 480 g/mol. The summed E-state index contributed by atoms with van der Waals surface area (Å²) >= 11 is 0. The first-order valence-corrected chi connectivity index (χ1v) is 11.3. The van der Waals surface area contributed by atoms with Crippen LogP contribution in [0.2, 0.25) is 0 Å². The average molecular weight is 512 g/mol. The van der Waals surface area contributed by atoms with Crippen molar-refractivity contribution in [1.29, 1.82) is 0 Å². The molecule has 1 aromatic carbocycles. The maximum Gasteiger partial charge on any atom is 0.416 e. The summed E-state index contributed by atoms with van der Waals surface area (Å²) in [5.41, 5.74) is -4.30. The average Bonchev–Trinajstić information content (AvgIpc) is 2.73. The van der Waals surface area contributed by atoms with E-state index in [0.717, 1.165) is 25.7 Å². The topological polar surface area (TPSA) is 79.5 Å². The number of nitrogens with one attached hydrogen (secondary N) is 3. The zero-order valence-electron chi connectivity index (χ0n) is 19.8. The molecule has 2 rings (SSSR count). The van der Waals surface area contributed by atoms with Crippen molar-refractivity contribution in [2.24, 2.45) is 5.92 Å². The fraction of sp³-hybridized carbons (Fsp3) is 0.652. The molecule has 0 aromatic heterocycles. The smallest absolute Gasteiger partial charge is 0.416 e. The van der Waals surface area contributed by atoms with E-state index in [9.17, 15) is 35.9 Å². The van der Waals surface area contributed by atoms with Gasteiger partial charge in [0.15, 0.2) is 0 Å². The second-order valence-corrected chi connectivity index (χ2v) is 9.61. The highest BCUT2D eigenvalue weighted by molar-refractivity contribution is 5.94. The Morgan fingerprint density at radius 1 is 0.857 bits per heavy atom. The number of hydrogen-bond donors (Lipinski definition) is 3. The summed E-state index contributed by atoms with van der Waals surface area (Å²) in [5.74, 6) is -0.917. The summed E-state index contributed by atoms with van der Waals surface area (Å²) in [4.78, 5) is 23.9. The molecule has 0 unspecified atom stereocenters. The van der Waals surface area contributed by atoms with Crippen molar-refractivity contribution >= 4 is 12.0 Å². The normalized spacial score (nSPS) is 19.2. The molecule has 1 aromatic rings. The first-order chi connectivity index (χ1) is 16.0. The van der Waals surface area contributed by atoms with Crippen LogP contribution in [-0.4, -0.2) is 43.3 Å². The van der Waals surface area contributed by atoms with Gasteiger partial charge in [-0.25, -0.2) is 4.79 Å². The van der Waals surface area contributed by atoms with Crippen LogP contribution >= 0.6 is 0 Å². The molecule has 0 radical (unpaired) electrons. The molecule has 1 aliphatic rings. The van der Waals surface area contributed by atoms with Crippen molar-refractivity contribution in [1.82, 2.24) is 16.0 Å². The lowest BCUT2D eigenvalue weighted by molar-refractivity contribution is -0.143. The van der Waals surface area contributed by atoms with Crippen LogP contribution < -0.4 is 16.0 Å². The fourth-order valence-corrected chi connectivity index (χ4v) is 3.75.